The predicted octanol–water partition coefficient (Wildman–Crippen LogP) is 2.76. The number of carbonyl (C=O) groups excluding carboxylic acids is 2. The van der Waals surface area contributed by atoms with Crippen LogP contribution in [0.4, 0.5) is 5.69 Å². The van der Waals surface area contributed by atoms with E-state index in [0.29, 0.717) is 23.6 Å². The molecule has 2 amide bonds. The van der Waals surface area contributed by atoms with Gasteiger partial charge in [0, 0.05) is 23.7 Å². The minimum Gasteiger partial charge on any atom is -0.352 e. The number of benzene rings is 2. The van der Waals surface area contributed by atoms with Crippen LogP contribution in [-0.4, -0.2) is 24.9 Å². The highest BCUT2D eigenvalue weighted by Gasteiger charge is 2.34. The molecule has 2 aromatic rings. The summed E-state index contributed by atoms with van der Waals surface area (Å²) in [6.45, 7) is 1.29. The minimum absolute atomic E-state index is 0.0890. The third-order valence-corrected chi connectivity index (χ3v) is 4.87. The van der Waals surface area contributed by atoms with Gasteiger partial charge in [0.25, 0.3) is 5.91 Å². The minimum atomic E-state index is -0.0890. The summed E-state index contributed by atoms with van der Waals surface area (Å²) >= 11 is 5.97. The summed E-state index contributed by atoms with van der Waals surface area (Å²) in [5.41, 5.74) is 4.87. The molecule has 4 rings (SSSR count). The van der Waals surface area contributed by atoms with Gasteiger partial charge < -0.3 is 10.2 Å². The van der Waals surface area contributed by atoms with E-state index in [1.807, 2.05) is 41.3 Å². The quantitative estimate of drug-likeness (QED) is 0.930. The number of halogens is 1. The Morgan fingerprint density at radius 1 is 1.21 bits per heavy atom. The lowest BCUT2D eigenvalue weighted by Crippen LogP contribution is -2.26. The zero-order chi connectivity index (χ0) is 16.7. The number of nitrogens with one attached hydrogen (secondary N) is 1. The fraction of sp³-hybridized carbons (Fsp3) is 0.263. The molecular weight excluding hydrogens is 324 g/mol. The molecular formula is C19H17ClN2O2. The molecule has 0 spiro atoms. The maximum absolute atomic E-state index is 12.4. The van der Waals surface area contributed by atoms with Gasteiger partial charge in [0.05, 0.1) is 12.1 Å². The topological polar surface area (TPSA) is 49.4 Å². The third kappa shape index (κ3) is 2.67. The van der Waals surface area contributed by atoms with Gasteiger partial charge in [-0.2, -0.15) is 0 Å². The van der Waals surface area contributed by atoms with E-state index in [1.165, 1.54) is 0 Å². The Hall–Kier alpha value is -2.33. The van der Waals surface area contributed by atoms with Crippen LogP contribution in [0.2, 0.25) is 5.02 Å². The second-order valence-electron chi connectivity index (χ2n) is 6.25. The van der Waals surface area contributed by atoms with E-state index in [9.17, 15) is 9.59 Å². The smallest absolute Gasteiger partial charge is 0.251 e. The van der Waals surface area contributed by atoms with Crippen LogP contribution in [0.5, 0.6) is 0 Å². The van der Waals surface area contributed by atoms with Gasteiger partial charge in [0.15, 0.2) is 0 Å². The van der Waals surface area contributed by atoms with Crippen LogP contribution in [0.3, 0.4) is 0 Å². The van der Waals surface area contributed by atoms with E-state index in [4.69, 9.17) is 11.6 Å². The molecule has 24 heavy (non-hydrogen) atoms. The van der Waals surface area contributed by atoms with Crippen molar-refractivity contribution < 1.29 is 9.59 Å². The lowest BCUT2D eigenvalue weighted by molar-refractivity contribution is -0.117. The highest BCUT2D eigenvalue weighted by Crippen LogP contribution is 2.38. The highest BCUT2D eigenvalue weighted by atomic mass is 35.5. The van der Waals surface area contributed by atoms with Crippen molar-refractivity contribution in [2.45, 2.75) is 19.3 Å². The number of hydrogen-bond acceptors (Lipinski definition) is 2. The molecule has 122 valence electrons. The second-order valence-corrected chi connectivity index (χ2v) is 6.69. The van der Waals surface area contributed by atoms with Crippen LogP contribution in [0.15, 0.2) is 36.4 Å². The molecule has 4 nitrogen and oxygen atoms in total. The molecule has 0 aliphatic carbocycles. The first-order chi connectivity index (χ1) is 11.6. The Balaban J connectivity index is 1.44. The predicted molar refractivity (Wildman–Crippen MR) is 93.7 cm³/mol. The maximum atomic E-state index is 12.4. The first-order valence-corrected chi connectivity index (χ1v) is 8.48. The Labute approximate surface area is 145 Å². The molecule has 2 aliphatic heterocycles. The summed E-state index contributed by atoms with van der Waals surface area (Å²) in [5, 5.41) is 3.66. The lowest BCUT2D eigenvalue weighted by Gasteiger charge is -2.10. The Bertz CT molecular complexity index is 847. The van der Waals surface area contributed by atoms with Crippen molar-refractivity contribution in [3.05, 3.63) is 63.7 Å². The van der Waals surface area contributed by atoms with Gasteiger partial charge in [-0.05, 0) is 53.8 Å². The lowest BCUT2D eigenvalue weighted by atomic mass is 10.0. The van der Waals surface area contributed by atoms with Crippen molar-refractivity contribution >= 4 is 29.1 Å². The number of amides is 2. The fourth-order valence-electron chi connectivity index (χ4n) is 3.53. The van der Waals surface area contributed by atoms with Gasteiger partial charge in [0.1, 0.15) is 0 Å². The molecule has 0 radical (unpaired) electrons. The van der Waals surface area contributed by atoms with E-state index in [2.05, 4.69) is 5.32 Å². The first kappa shape index (κ1) is 15.2. The summed E-state index contributed by atoms with van der Waals surface area (Å²) in [7, 11) is 0. The Kier molecular flexibility index (Phi) is 3.77. The standard InChI is InChI=1S/C19H17ClN2O2/c20-16-3-1-2-12(8-16)4-6-21-19(24)15-9-13-5-7-22-17(23)11-14(10-15)18(13)22/h1-3,8-10H,4-7,11H2,(H,21,24). The van der Waals surface area contributed by atoms with E-state index in [-0.39, 0.29) is 11.8 Å². The summed E-state index contributed by atoms with van der Waals surface area (Å²) in [4.78, 5) is 26.2. The van der Waals surface area contributed by atoms with E-state index < -0.39 is 0 Å². The molecule has 0 saturated carbocycles. The van der Waals surface area contributed by atoms with Gasteiger partial charge in [-0.25, -0.2) is 0 Å². The van der Waals surface area contributed by atoms with Crippen LogP contribution in [0.25, 0.3) is 0 Å². The Morgan fingerprint density at radius 2 is 2.04 bits per heavy atom. The fourth-order valence-corrected chi connectivity index (χ4v) is 3.74. The normalized spacial score (nSPS) is 14.9. The van der Waals surface area contributed by atoms with Crippen molar-refractivity contribution in [3.63, 3.8) is 0 Å². The summed E-state index contributed by atoms with van der Waals surface area (Å²) in [6, 6.07) is 11.4. The number of rotatable bonds is 4. The average molecular weight is 341 g/mol. The van der Waals surface area contributed by atoms with Gasteiger partial charge in [0.2, 0.25) is 5.91 Å². The van der Waals surface area contributed by atoms with Crippen molar-refractivity contribution in [1.29, 1.82) is 0 Å². The molecule has 0 saturated heterocycles. The zero-order valence-corrected chi connectivity index (χ0v) is 13.9. The average Bonchev–Trinajstić information content (AvgIpc) is 3.12. The van der Waals surface area contributed by atoms with Crippen molar-refractivity contribution in [2.24, 2.45) is 0 Å². The third-order valence-electron chi connectivity index (χ3n) is 4.64. The van der Waals surface area contributed by atoms with E-state index in [1.54, 1.807) is 0 Å². The zero-order valence-electron chi connectivity index (χ0n) is 13.1. The number of carbonyl (C=O) groups is 2. The van der Waals surface area contributed by atoms with Gasteiger partial charge in [-0.1, -0.05) is 23.7 Å². The molecule has 2 aromatic carbocycles. The number of nitrogens with zero attached hydrogens (tertiary/aromatic N) is 1. The monoisotopic (exact) mass is 340 g/mol. The summed E-state index contributed by atoms with van der Waals surface area (Å²) in [5.74, 6) is 0.0520. The molecule has 5 heteroatoms. The molecule has 0 aromatic heterocycles. The van der Waals surface area contributed by atoms with Crippen LogP contribution < -0.4 is 10.2 Å². The van der Waals surface area contributed by atoms with Crippen LogP contribution in [0.1, 0.15) is 27.0 Å². The van der Waals surface area contributed by atoms with Crippen LogP contribution >= 0.6 is 11.6 Å². The SMILES string of the molecule is O=C(NCCc1cccc(Cl)c1)c1cc2c3c(c1)CC(=O)N3CC2. The Morgan fingerprint density at radius 3 is 2.88 bits per heavy atom. The number of anilines is 1. The van der Waals surface area contributed by atoms with Crippen molar-refractivity contribution in [3.8, 4) is 0 Å². The molecule has 0 unspecified atom stereocenters. The van der Waals surface area contributed by atoms with E-state index >= 15 is 0 Å². The van der Waals surface area contributed by atoms with Crippen LogP contribution in [0, 0.1) is 0 Å². The molecule has 2 aliphatic rings. The van der Waals surface area contributed by atoms with Crippen LogP contribution in [-0.2, 0) is 24.1 Å². The van der Waals surface area contributed by atoms with E-state index in [0.717, 1.165) is 41.8 Å². The molecule has 2 heterocycles. The maximum Gasteiger partial charge on any atom is 0.251 e. The van der Waals surface area contributed by atoms with Gasteiger partial charge in [-0.3, -0.25) is 9.59 Å². The number of hydrogen-bond donors (Lipinski definition) is 1. The molecule has 0 bridgehead atoms. The first-order valence-electron chi connectivity index (χ1n) is 8.10. The largest absolute Gasteiger partial charge is 0.352 e. The highest BCUT2D eigenvalue weighted by molar-refractivity contribution is 6.30. The van der Waals surface area contributed by atoms with Crippen molar-refractivity contribution in [1.82, 2.24) is 5.32 Å². The van der Waals surface area contributed by atoms with Crippen molar-refractivity contribution in [2.75, 3.05) is 18.0 Å². The summed E-state index contributed by atoms with van der Waals surface area (Å²) < 4.78 is 0. The second kappa shape index (κ2) is 5.95. The molecule has 0 fully saturated rings. The molecule has 0 atom stereocenters. The summed E-state index contributed by atoms with van der Waals surface area (Å²) in [6.07, 6.45) is 1.97. The van der Waals surface area contributed by atoms with Gasteiger partial charge in [-0.15, -0.1) is 0 Å². The van der Waals surface area contributed by atoms with Gasteiger partial charge >= 0.3 is 0 Å². The molecule has 1 N–H and O–H groups in total.